The van der Waals surface area contributed by atoms with Crippen LogP contribution in [0.15, 0.2) is 18.2 Å². The van der Waals surface area contributed by atoms with E-state index < -0.39 is 0 Å². The summed E-state index contributed by atoms with van der Waals surface area (Å²) < 4.78 is 20.5. The zero-order valence-corrected chi connectivity index (χ0v) is 11.1. The largest absolute Gasteiger partial charge is 0.497 e. The van der Waals surface area contributed by atoms with E-state index in [1.165, 1.54) is 13.2 Å². The third kappa shape index (κ3) is 2.83. The summed E-state index contributed by atoms with van der Waals surface area (Å²) in [7, 11) is 1.51. The number of nitrogens with zero attached hydrogens (tertiary/aromatic N) is 3. The molecule has 2 N–H and O–H groups in total. The van der Waals surface area contributed by atoms with Crippen LogP contribution in [0.5, 0.6) is 5.75 Å². The lowest BCUT2D eigenvalue weighted by Gasteiger charge is -2.08. The number of nitrogen functional groups attached to an aromatic ring is 1. The summed E-state index contributed by atoms with van der Waals surface area (Å²) in [5, 5.41) is 7.80. The van der Waals surface area contributed by atoms with Crippen LogP contribution in [0, 0.1) is 5.82 Å². The van der Waals surface area contributed by atoms with Crippen molar-refractivity contribution in [2.24, 2.45) is 0 Å². The predicted molar refractivity (Wildman–Crippen MR) is 70.5 cm³/mol. The Labute approximate surface area is 111 Å². The molecule has 0 bridgehead atoms. The topological polar surface area (TPSA) is 66.0 Å². The molecule has 0 aliphatic heterocycles. The average Bonchev–Trinajstić information content (AvgIpc) is 2.74. The van der Waals surface area contributed by atoms with Crippen molar-refractivity contribution in [1.29, 1.82) is 0 Å². The molecule has 0 saturated carbocycles. The van der Waals surface area contributed by atoms with E-state index >= 15 is 0 Å². The SMILES string of the molecule is CCCc1c(N)nnn1Cc1ccc(OC)cc1F. The smallest absolute Gasteiger partial charge is 0.169 e. The molecule has 2 rings (SSSR count). The summed E-state index contributed by atoms with van der Waals surface area (Å²) in [5.74, 6) is 0.583. The van der Waals surface area contributed by atoms with Crippen molar-refractivity contribution < 1.29 is 9.13 Å². The standard InChI is InChI=1S/C13H17FN4O/c1-3-4-12-13(15)16-17-18(12)8-9-5-6-10(19-2)7-11(9)14/h5-7H,3-4,8,15H2,1-2H3. The van der Waals surface area contributed by atoms with Gasteiger partial charge in [-0.3, -0.25) is 0 Å². The van der Waals surface area contributed by atoms with E-state index in [1.54, 1.807) is 16.8 Å². The van der Waals surface area contributed by atoms with E-state index in [0.29, 0.717) is 23.7 Å². The molecule has 0 fully saturated rings. The van der Waals surface area contributed by atoms with E-state index in [2.05, 4.69) is 10.3 Å². The summed E-state index contributed by atoms with van der Waals surface area (Å²) in [4.78, 5) is 0. The molecule has 5 nitrogen and oxygen atoms in total. The predicted octanol–water partition coefficient (Wildman–Crippen LogP) is 2.01. The van der Waals surface area contributed by atoms with Gasteiger partial charge >= 0.3 is 0 Å². The van der Waals surface area contributed by atoms with Gasteiger partial charge in [-0.2, -0.15) is 0 Å². The molecule has 19 heavy (non-hydrogen) atoms. The minimum Gasteiger partial charge on any atom is -0.497 e. The van der Waals surface area contributed by atoms with Crippen LogP contribution in [-0.4, -0.2) is 22.1 Å². The lowest BCUT2D eigenvalue weighted by molar-refractivity contribution is 0.410. The van der Waals surface area contributed by atoms with E-state index in [-0.39, 0.29) is 5.82 Å². The Hall–Kier alpha value is -2.11. The van der Waals surface area contributed by atoms with Crippen LogP contribution in [0.4, 0.5) is 10.2 Å². The summed E-state index contributed by atoms with van der Waals surface area (Å²) in [5.41, 5.74) is 7.13. The van der Waals surface area contributed by atoms with Crippen LogP contribution in [0.25, 0.3) is 0 Å². The third-order valence-electron chi connectivity index (χ3n) is 2.93. The number of methoxy groups -OCH3 is 1. The summed E-state index contributed by atoms with van der Waals surface area (Å²) in [6, 6.07) is 4.76. The van der Waals surface area contributed by atoms with Crippen molar-refractivity contribution in [1.82, 2.24) is 15.0 Å². The highest BCUT2D eigenvalue weighted by Gasteiger charge is 2.12. The Morgan fingerprint density at radius 1 is 1.42 bits per heavy atom. The molecule has 0 atom stereocenters. The molecule has 1 aromatic carbocycles. The zero-order chi connectivity index (χ0) is 13.8. The maximum Gasteiger partial charge on any atom is 0.169 e. The van der Waals surface area contributed by atoms with Crippen molar-refractivity contribution in [3.05, 3.63) is 35.3 Å². The van der Waals surface area contributed by atoms with Crippen molar-refractivity contribution >= 4 is 5.82 Å². The van der Waals surface area contributed by atoms with Crippen LogP contribution in [0.3, 0.4) is 0 Å². The average molecular weight is 264 g/mol. The number of hydrogen-bond donors (Lipinski definition) is 1. The van der Waals surface area contributed by atoms with Gasteiger partial charge in [0.05, 0.1) is 19.3 Å². The molecule has 6 heteroatoms. The van der Waals surface area contributed by atoms with Gasteiger partial charge < -0.3 is 10.5 Å². The van der Waals surface area contributed by atoms with Gasteiger partial charge in [-0.1, -0.05) is 24.6 Å². The summed E-state index contributed by atoms with van der Waals surface area (Å²) in [6.07, 6.45) is 1.71. The van der Waals surface area contributed by atoms with Crippen LogP contribution >= 0.6 is 0 Å². The fourth-order valence-corrected chi connectivity index (χ4v) is 1.91. The molecule has 102 valence electrons. The van der Waals surface area contributed by atoms with Gasteiger partial charge in [0.25, 0.3) is 0 Å². The maximum atomic E-state index is 13.9. The molecule has 0 aliphatic carbocycles. The minimum absolute atomic E-state index is 0.315. The van der Waals surface area contributed by atoms with Crippen molar-refractivity contribution in [2.45, 2.75) is 26.3 Å². The van der Waals surface area contributed by atoms with Gasteiger partial charge in [0.1, 0.15) is 11.6 Å². The lowest BCUT2D eigenvalue weighted by Crippen LogP contribution is -2.08. The molecule has 2 aromatic rings. The molecule has 0 unspecified atom stereocenters. The second-order valence-electron chi connectivity index (χ2n) is 4.29. The molecular formula is C13H17FN4O. The zero-order valence-electron chi connectivity index (χ0n) is 11.1. The highest BCUT2D eigenvalue weighted by molar-refractivity contribution is 5.34. The Balaban J connectivity index is 2.26. The van der Waals surface area contributed by atoms with E-state index in [9.17, 15) is 4.39 Å². The first kappa shape index (κ1) is 13.3. The van der Waals surface area contributed by atoms with Crippen LogP contribution < -0.4 is 10.5 Å². The molecule has 1 aromatic heterocycles. The highest BCUT2D eigenvalue weighted by atomic mass is 19.1. The maximum absolute atomic E-state index is 13.9. The number of nitrogens with two attached hydrogens (primary N) is 1. The van der Waals surface area contributed by atoms with Crippen molar-refractivity contribution in [3.8, 4) is 5.75 Å². The molecular weight excluding hydrogens is 247 g/mol. The molecule has 0 amide bonds. The molecule has 0 saturated heterocycles. The Morgan fingerprint density at radius 3 is 2.84 bits per heavy atom. The number of ether oxygens (including phenoxy) is 1. The minimum atomic E-state index is -0.323. The number of benzene rings is 1. The lowest BCUT2D eigenvalue weighted by atomic mass is 10.2. The second kappa shape index (κ2) is 5.69. The highest BCUT2D eigenvalue weighted by Crippen LogP contribution is 2.18. The van der Waals surface area contributed by atoms with Crippen LogP contribution in [0.2, 0.25) is 0 Å². The summed E-state index contributed by atoms with van der Waals surface area (Å²) in [6.45, 7) is 2.36. The van der Waals surface area contributed by atoms with E-state index in [4.69, 9.17) is 10.5 Å². The number of aromatic nitrogens is 3. The van der Waals surface area contributed by atoms with Crippen molar-refractivity contribution in [3.63, 3.8) is 0 Å². The van der Waals surface area contributed by atoms with E-state index in [1.807, 2.05) is 6.92 Å². The van der Waals surface area contributed by atoms with Gasteiger partial charge in [-0.25, -0.2) is 9.07 Å². The fraction of sp³-hybridized carbons (Fsp3) is 0.385. The molecule has 1 heterocycles. The molecule has 0 spiro atoms. The van der Waals surface area contributed by atoms with Gasteiger partial charge in [0, 0.05) is 11.6 Å². The number of hydrogen-bond acceptors (Lipinski definition) is 4. The number of halogens is 1. The first-order valence-electron chi connectivity index (χ1n) is 6.16. The van der Waals surface area contributed by atoms with Gasteiger partial charge in [-0.15, -0.1) is 5.10 Å². The Bertz CT molecular complexity index is 568. The molecule has 0 aliphatic rings. The quantitative estimate of drug-likeness (QED) is 0.897. The van der Waals surface area contributed by atoms with Crippen molar-refractivity contribution in [2.75, 3.05) is 12.8 Å². The van der Waals surface area contributed by atoms with Gasteiger partial charge in [0.2, 0.25) is 0 Å². The fourth-order valence-electron chi connectivity index (χ4n) is 1.91. The van der Waals surface area contributed by atoms with Crippen LogP contribution in [0.1, 0.15) is 24.6 Å². The van der Waals surface area contributed by atoms with E-state index in [0.717, 1.165) is 18.5 Å². The number of anilines is 1. The normalized spacial score (nSPS) is 10.7. The first-order valence-corrected chi connectivity index (χ1v) is 6.16. The van der Waals surface area contributed by atoms with Gasteiger partial charge in [0.15, 0.2) is 5.82 Å². The molecule has 0 radical (unpaired) electrons. The van der Waals surface area contributed by atoms with Gasteiger partial charge in [-0.05, 0) is 12.5 Å². The monoisotopic (exact) mass is 264 g/mol. The third-order valence-corrected chi connectivity index (χ3v) is 2.93. The first-order chi connectivity index (χ1) is 9.15. The second-order valence-corrected chi connectivity index (χ2v) is 4.29. The summed E-state index contributed by atoms with van der Waals surface area (Å²) >= 11 is 0. The Kier molecular flexibility index (Phi) is 3.99. The van der Waals surface area contributed by atoms with Crippen LogP contribution in [-0.2, 0) is 13.0 Å². The number of rotatable bonds is 5. The Morgan fingerprint density at radius 2 is 2.21 bits per heavy atom.